The number of hydrogen-bond acceptors (Lipinski definition) is 3. The van der Waals surface area contributed by atoms with Gasteiger partial charge in [-0.2, -0.15) is 0 Å². The van der Waals surface area contributed by atoms with Crippen LogP contribution in [0.4, 0.5) is 0 Å². The average Bonchev–Trinajstić information content (AvgIpc) is 3.10. The van der Waals surface area contributed by atoms with E-state index < -0.39 is 5.41 Å². The minimum absolute atomic E-state index is 0.144. The van der Waals surface area contributed by atoms with Crippen LogP contribution in [0.1, 0.15) is 19.4 Å². The lowest BCUT2D eigenvalue weighted by Gasteiger charge is -2.19. The zero-order valence-corrected chi connectivity index (χ0v) is 16.3. The summed E-state index contributed by atoms with van der Waals surface area (Å²) in [5.41, 5.74) is -0.425. The maximum Gasteiger partial charge on any atom is 0.317 e. The monoisotopic (exact) mass is 390 g/mol. The van der Waals surface area contributed by atoms with Crippen LogP contribution in [-0.2, 0) is 14.9 Å². The van der Waals surface area contributed by atoms with Crippen molar-refractivity contribution in [3.8, 4) is 11.5 Å². The molecule has 136 valence electrons. The van der Waals surface area contributed by atoms with Gasteiger partial charge >= 0.3 is 5.97 Å². The van der Waals surface area contributed by atoms with Crippen molar-refractivity contribution in [2.45, 2.75) is 19.3 Å². The first-order valence-corrected chi connectivity index (χ1v) is 9.04. The number of carbonyl (C=O) groups excluding carboxylic acids is 1. The Bertz CT molecular complexity index is 841. The van der Waals surface area contributed by atoms with E-state index in [-0.39, 0.29) is 21.8 Å². The van der Waals surface area contributed by atoms with Gasteiger partial charge in [0.2, 0.25) is 0 Å². The molecule has 0 spiro atoms. The second kappa shape index (κ2) is 6.98. The first kappa shape index (κ1) is 18.8. The van der Waals surface area contributed by atoms with Crippen molar-refractivity contribution in [3.63, 3.8) is 0 Å². The Labute approximate surface area is 163 Å². The normalized spacial score (nSPS) is 23.0. The molecule has 2 aromatic carbocycles. The van der Waals surface area contributed by atoms with Gasteiger partial charge in [0, 0.05) is 5.92 Å². The minimum atomic E-state index is -0.854. The Hall–Kier alpha value is -1.97. The van der Waals surface area contributed by atoms with Crippen LogP contribution in [0.2, 0.25) is 0 Å². The summed E-state index contributed by atoms with van der Waals surface area (Å²) >= 11 is 11.8. The zero-order valence-electron chi connectivity index (χ0n) is 14.8. The van der Waals surface area contributed by atoms with Crippen molar-refractivity contribution in [1.29, 1.82) is 0 Å². The molecule has 0 unspecified atom stereocenters. The van der Waals surface area contributed by atoms with E-state index >= 15 is 0 Å². The predicted octanol–water partition coefficient (Wildman–Crippen LogP) is 5.86. The van der Waals surface area contributed by atoms with Crippen molar-refractivity contribution in [2.75, 3.05) is 7.11 Å². The molecule has 1 aliphatic rings. The molecular weight excluding hydrogens is 371 g/mol. The fraction of sp³-hybridized carbons (Fsp3) is 0.286. The molecular formula is C21H20Cl2O3. The van der Waals surface area contributed by atoms with Gasteiger partial charge in [0.1, 0.15) is 21.4 Å². The number of esters is 1. The van der Waals surface area contributed by atoms with Crippen LogP contribution >= 0.6 is 23.2 Å². The average molecular weight is 391 g/mol. The molecule has 0 bridgehead atoms. The highest BCUT2D eigenvalue weighted by molar-refractivity contribution is 6.55. The molecule has 3 nitrogen and oxygen atoms in total. The Kier molecular flexibility index (Phi) is 5.05. The highest BCUT2D eigenvalue weighted by atomic mass is 35.5. The summed E-state index contributed by atoms with van der Waals surface area (Å²) in [7, 11) is 1.39. The summed E-state index contributed by atoms with van der Waals surface area (Å²) in [6, 6.07) is 17.0. The van der Waals surface area contributed by atoms with Gasteiger partial charge in [0.25, 0.3) is 0 Å². The summed E-state index contributed by atoms with van der Waals surface area (Å²) < 4.78 is 11.2. The maximum absolute atomic E-state index is 12.8. The lowest BCUT2D eigenvalue weighted by molar-refractivity contribution is -0.144. The van der Waals surface area contributed by atoms with E-state index in [1.807, 2.05) is 68.4 Å². The first-order valence-electron chi connectivity index (χ1n) is 8.28. The topological polar surface area (TPSA) is 35.5 Å². The van der Waals surface area contributed by atoms with Gasteiger partial charge in [0.15, 0.2) is 0 Å². The van der Waals surface area contributed by atoms with Gasteiger partial charge in [-0.1, -0.05) is 67.4 Å². The van der Waals surface area contributed by atoms with E-state index in [0.29, 0.717) is 5.75 Å². The molecule has 0 aromatic heterocycles. The van der Waals surface area contributed by atoms with E-state index in [1.54, 1.807) is 6.08 Å². The number of rotatable bonds is 5. The minimum Gasteiger partial charge on any atom is -0.468 e. The van der Waals surface area contributed by atoms with Gasteiger partial charge in [0.05, 0.1) is 7.11 Å². The van der Waals surface area contributed by atoms with Crippen molar-refractivity contribution in [2.24, 2.45) is 11.3 Å². The summed E-state index contributed by atoms with van der Waals surface area (Å²) in [5, 5.41) is 0. The fourth-order valence-corrected chi connectivity index (χ4v) is 4.16. The molecule has 0 saturated heterocycles. The van der Waals surface area contributed by atoms with E-state index in [4.69, 9.17) is 32.7 Å². The lowest BCUT2D eigenvalue weighted by atomic mass is 9.87. The van der Waals surface area contributed by atoms with Crippen LogP contribution in [0.5, 0.6) is 11.5 Å². The summed E-state index contributed by atoms with van der Waals surface area (Å²) in [4.78, 5) is 12.8. The molecule has 5 heteroatoms. The Morgan fingerprint density at radius 2 is 1.69 bits per heavy atom. The summed E-state index contributed by atoms with van der Waals surface area (Å²) in [5.74, 6) is 0.904. The molecule has 0 heterocycles. The van der Waals surface area contributed by atoms with Crippen LogP contribution in [0.25, 0.3) is 0 Å². The first-order chi connectivity index (χ1) is 12.3. The van der Waals surface area contributed by atoms with E-state index in [0.717, 1.165) is 11.3 Å². The van der Waals surface area contributed by atoms with Gasteiger partial charge < -0.3 is 9.47 Å². The molecule has 0 aliphatic heterocycles. The number of carbonyl (C=O) groups is 1. The molecule has 3 rings (SSSR count). The number of para-hydroxylation sites is 1. The molecule has 2 atom stereocenters. The van der Waals surface area contributed by atoms with Crippen LogP contribution in [-0.4, -0.2) is 13.1 Å². The third-order valence-electron chi connectivity index (χ3n) is 5.25. The summed E-state index contributed by atoms with van der Waals surface area (Å²) in [6.07, 6.45) is 1.71. The van der Waals surface area contributed by atoms with Crippen molar-refractivity contribution >= 4 is 29.2 Å². The molecule has 0 amide bonds. The highest BCUT2D eigenvalue weighted by Gasteiger charge is 2.76. The van der Waals surface area contributed by atoms with Crippen LogP contribution in [0, 0.1) is 11.3 Å². The summed E-state index contributed by atoms with van der Waals surface area (Å²) in [6.45, 7) is 4.01. The third-order valence-corrected chi connectivity index (χ3v) is 5.50. The van der Waals surface area contributed by atoms with Crippen LogP contribution < -0.4 is 4.74 Å². The molecule has 0 N–H and O–H groups in total. The highest BCUT2D eigenvalue weighted by Crippen LogP contribution is 2.71. The zero-order chi connectivity index (χ0) is 18.9. The van der Waals surface area contributed by atoms with Crippen molar-refractivity contribution in [1.82, 2.24) is 0 Å². The van der Waals surface area contributed by atoms with E-state index in [1.165, 1.54) is 7.11 Å². The number of allylic oxidation sites excluding steroid dienone is 1. The third kappa shape index (κ3) is 3.00. The molecule has 26 heavy (non-hydrogen) atoms. The van der Waals surface area contributed by atoms with Crippen LogP contribution in [0.15, 0.2) is 65.2 Å². The van der Waals surface area contributed by atoms with Crippen LogP contribution in [0.3, 0.4) is 0 Å². The lowest BCUT2D eigenvalue weighted by Crippen LogP contribution is -2.28. The molecule has 2 aromatic rings. The second-order valence-corrected chi connectivity index (χ2v) is 7.91. The smallest absolute Gasteiger partial charge is 0.317 e. The van der Waals surface area contributed by atoms with Gasteiger partial charge in [-0.25, -0.2) is 0 Å². The Morgan fingerprint density at radius 1 is 1.04 bits per heavy atom. The largest absolute Gasteiger partial charge is 0.468 e. The molecule has 1 saturated carbocycles. The predicted molar refractivity (Wildman–Crippen MR) is 104 cm³/mol. The maximum atomic E-state index is 12.8. The Balaban J connectivity index is 2.03. The molecule has 0 radical (unpaired) electrons. The number of ether oxygens (including phenoxy) is 2. The Morgan fingerprint density at radius 3 is 2.31 bits per heavy atom. The number of hydrogen-bond donors (Lipinski definition) is 0. The van der Waals surface area contributed by atoms with Gasteiger partial charge in [-0.3, -0.25) is 4.79 Å². The van der Waals surface area contributed by atoms with Gasteiger partial charge in [-0.15, -0.1) is 0 Å². The van der Waals surface area contributed by atoms with Gasteiger partial charge in [-0.05, 0) is 41.3 Å². The molecule has 1 aliphatic carbocycles. The standard InChI is InChI=1S/C21H20Cl2O3/c1-20(2)17(13-18(22)23)21(20,19(24)25-3)14-8-7-11-16(12-14)26-15-9-5-4-6-10-15/h4-13,17H,1-3H3/t17-,21+/m1/s1. The second-order valence-electron chi connectivity index (χ2n) is 6.90. The molecule has 1 fully saturated rings. The van der Waals surface area contributed by atoms with E-state index in [9.17, 15) is 4.79 Å². The van der Waals surface area contributed by atoms with Crippen molar-refractivity contribution < 1.29 is 14.3 Å². The number of benzene rings is 2. The SMILES string of the molecule is COC(=O)[C@]1(c2cccc(Oc3ccccc3)c2)[C@H](C=C(Cl)Cl)C1(C)C. The number of methoxy groups -OCH3 is 1. The fourth-order valence-electron chi connectivity index (χ4n) is 3.91. The van der Waals surface area contributed by atoms with E-state index in [2.05, 4.69) is 0 Å². The van der Waals surface area contributed by atoms with Crippen molar-refractivity contribution in [3.05, 3.63) is 70.7 Å². The number of halogens is 2. The quantitative estimate of drug-likeness (QED) is 0.599.